The quantitative estimate of drug-likeness (QED) is 0.846. The van der Waals surface area contributed by atoms with Gasteiger partial charge in [0.1, 0.15) is 18.0 Å². The van der Waals surface area contributed by atoms with Crippen molar-refractivity contribution in [3.63, 3.8) is 0 Å². The van der Waals surface area contributed by atoms with Crippen LogP contribution in [0.15, 0.2) is 12.4 Å². The van der Waals surface area contributed by atoms with Gasteiger partial charge < -0.3 is 14.7 Å². The lowest BCUT2D eigenvalue weighted by Crippen LogP contribution is -2.42. The third-order valence-corrected chi connectivity index (χ3v) is 4.03. The zero-order valence-corrected chi connectivity index (χ0v) is 14.5. The third-order valence-electron chi connectivity index (χ3n) is 4.03. The molecule has 1 saturated heterocycles. The average molecular weight is 305 g/mol. The van der Waals surface area contributed by atoms with E-state index in [1.54, 1.807) is 6.33 Å². The maximum atomic E-state index is 12.2. The van der Waals surface area contributed by atoms with E-state index in [0.29, 0.717) is 12.3 Å². The summed E-state index contributed by atoms with van der Waals surface area (Å²) >= 11 is 0. The molecule has 0 N–H and O–H groups in total. The number of hydrogen-bond donors (Lipinski definition) is 0. The molecule has 1 aliphatic heterocycles. The second-order valence-electron chi connectivity index (χ2n) is 7.25. The van der Waals surface area contributed by atoms with Gasteiger partial charge in [-0.05, 0) is 20.8 Å². The Bertz CT molecular complexity index is 538. The van der Waals surface area contributed by atoms with Gasteiger partial charge in [0, 0.05) is 58.2 Å². The zero-order chi connectivity index (χ0) is 16.5. The van der Waals surface area contributed by atoms with Gasteiger partial charge in [0.15, 0.2) is 0 Å². The van der Waals surface area contributed by atoms with E-state index in [-0.39, 0.29) is 11.4 Å². The lowest BCUT2D eigenvalue weighted by Gasteiger charge is -2.32. The summed E-state index contributed by atoms with van der Waals surface area (Å²) in [5, 5.41) is 0. The molecule has 1 unspecified atom stereocenters. The van der Waals surface area contributed by atoms with Gasteiger partial charge in [-0.25, -0.2) is 9.97 Å². The van der Waals surface area contributed by atoms with E-state index in [4.69, 9.17) is 0 Å². The molecule has 22 heavy (non-hydrogen) atoms. The zero-order valence-electron chi connectivity index (χ0n) is 14.5. The second-order valence-corrected chi connectivity index (χ2v) is 7.25. The van der Waals surface area contributed by atoms with Gasteiger partial charge in [-0.15, -0.1) is 0 Å². The number of anilines is 2. The number of likely N-dealkylation sites (tertiary alicyclic amines) is 1. The van der Waals surface area contributed by atoms with Gasteiger partial charge in [0.25, 0.3) is 0 Å². The highest BCUT2D eigenvalue weighted by Crippen LogP contribution is 2.27. The lowest BCUT2D eigenvalue weighted by molar-refractivity contribution is -0.131. The third kappa shape index (κ3) is 3.67. The van der Waals surface area contributed by atoms with E-state index < -0.39 is 0 Å². The fraction of sp³-hybridized carbons (Fsp3) is 0.688. The molecule has 0 aromatic carbocycles. The van der Waals surface area contributed by atoms with Crippen molar-refractivity contribution in [1.29, 1.82) is 0 Å². The first-order chi connectivity index (χ1) is 10.2. The van der Waals surface area contributed by atoms with E-state index in [1.807, 2.05) is 37.0 Å². The van der Waals surface area contributed by atoms with E-state index in [9.17, 15) is 4.79 Å². The van der Waals surface area contributed by atoms with Crippen molar-refractivity contribution in [3.05, 3.63) is 12.4 Å². The Kier molecular flexibility index (Phi) is 4.58. The molecule has 0 saturated carbocycles. The molecule has 6 heteroatoms. The number of amides is 1. The molecule has 122 valence electrons. The van der Waals surface area contributed by atoms with Gasteiger partial charge in [-0.1, -0.05) is 0 Å². The first-order valence-electron chi connectivity index (χ1n) is 7.69. The van der Waals surface area contributed by atoms with Crippen LogP contribution >= 0.6 is 0 Å². The second kappa shape index (κ2) is 6.10. The number of nitrogens with zero attached hydrogens (tertiary/aromatic N) is 5. The van der Waals surface area contributed by atoms with Crippen molar-refractivity contribution in [2.75, 3.05) is 44.0 Å². The minimum Gasteiger partial charge on any atom is -0.363 e. The van der Waals surface area contributed by atoms with Crippen molar-refractivity contribution < 1.29 is 4.79 Å². The summed E-state index contributed by atoms with van der Waals surface area (Å²) in [4.78, 5) is 26.8. The van der Waals surface area contributed by atoms with Crippen molar-refractivity contribution >= 4 is 17.5 Å². The van der Waals surface area contributed by atoms with Crippen LogP contribution in [0.25, 0.3) is 0 Å². The molecular formula is C16H27N5O. The SMILES string of the molecule is CN(C)c1cc(N(C)CC2CC(=O)N(C(C)(C)C)C2)ncn1. The maximum absolute atomic E-state index is 12.2. The van der Waals surface area contributed by atoms with Gasteiger partial charge in [-0.3, -0.25) is 4.79 Å². The summed E-state index contributed by atoms with van der Waals surface area (Å²) in [5.74, 6) is 2.37. The van der Waals surface area contributed by atoms with Crippen molar-refractivity contribution in [3.8, 4) is 0 Å². The standard InChI is InChI=1S/C16H27N5O/c1-16(2,3)21-10-12(7-15(21)22)9-20(6)14-8-13(19(4)5)17-11-18-14/h8,11-12H,7,9-10H2,1-6H3. The van der Waals surface area contributed by atoms with Gasteiger partial charge >= 0.3 is 0 Å². The van der Waals surface area contributed by atoms with Crippen LogP contribution in [-0.4, -0.2) is 60.5 Å². The summed E-state index contributed by atoms with van der Waals surface area (Å²) < 4.78 is 0. The predicted molar refractivity (Wildman–Crippen MR) is 89.2 cm³/mol. The van der Waals surface area contributed by atoms with Crippen LogP contribution in [0, 0.1) is 5.92 Å². The minimum absolute atomic E-state index is 0.0998. The van der Waals surface area contributed by atoms with Gasteiger partial charge in [0.05, 0.1) is 0 Å². The highest BCUT2D eigenvalue weighted by Gasteiger charge is 2.36. The van der Waals surface area contributed by atoms with E-state index in [1.165, 1.54) is 0 Å². The van der Waals surface area contributed by atoms with Crippen LogP contribution in [0.3, 0.4) is 0 Å². The monoisotopic (exact) mass is 305 g/mol. The molecule has 1 amide bonds. The molecular weight excluding hydrogens is 278 g/mol. The number of carbonyl (C=O) groups excluding carboxylic acids is 1. The largest absolute Gasteiger partial charge is 0.363 e. The molecule has 1 aliphatic rings. The van der Waals surface area contributed by atoms with Crippen molar-refractivity contribution in [1.82, 2.24) is 14.9 Å². The van der Waals surface area contributed by atoms with Crippen LogP contribution in [0.4, 0.5) is 11.6 Å². The van der Waals surface area contributed by atoms with Crippen LogP contribution in [-0.2, 0) is 4.79 Å². The smallest absolute Gasteiger partial charge is 0.223 e. The van der Waals surface area contributed by atoms with Crippen molar-refractivity contribution in [2.45, 2.75) is 32.7 Å². The van der Waals surface area contributed by atoms with Crippen LogP contribution in [0.2, 0.25) is 0 Å². The number of carbonyl (C=O) groups is 1. The predicted octanol–water partition coefficient (Wildman–Crippen LogP) is 1.63. The Morgan fingerprint density at radius 2 is 1.86 bits per heavy atom. The average Bonchev–Trinajstić information content (AvgIpc) is 2.79. The number of rotatable bonds is 4. The van der Waals surface area contributed by atoms with E-state index in [2.05, 4.69) is 35.6 Å². The molecule has 1 aromatic heterocycles. The topological polar surface area (TPSA) is 52.6 Å². The summed E-state index contributed by atoms with van der Waals surface area (Å²) in [6.45, 7) is 7.90. The molecule has 2 rings (SSSR count). The molecule has 1 aromatic rings. The Balaban J connectivity index is 2.03. The molecule has 0 spiro atoms. The summed E-state index contributed by atoms with van der Waals surface area (Å²) in [6, 6.07) is 1.97. The Hall–Kier alpha value is -1.85. The molecule has 0 aliphatic carbocycles. The fourth-order valence-corrected chi connectivity index (χ4v) is 2.82. The minimum atomic E-state index is -0.0998. The first kappa shape index (κ1) is 16.5. The summed E-state index contributed by atoms with van der Waals surface area (Å²) in [5.41, 5.74) is -0.0998. The molecule has 2 heterocycles. The normalized spacial score (nSPS) is 18.7. The van der Waals surface area contributed by atoms with E-state index in [0.717, 1.165) is 24.7 Å². The Morgan fingerprint density at radius 3 is 2.41 bits per heavy atom. The highest BCUT2D eigenvalue weighted by molar-refractivity contribution is 5.79. The molecule has 0 radical (unpaired) electrons. The molecule has 1 fully saturated rings. The van der Waals surface area contributed by atoms with Crippen LogP contribution in [0.5, 0.6) is 0 Å². The highest BCUT2D eigenvalue weighted by atomic mass is 16.2. The number of hydrogen-bond acceptors (Lipinski definition) is 5. The van der Waals surface area contributed by atoms with Gasteiger partial charge in [0.2, 0.25) is 5.91 Å². The van der Waals surface area contributed by atoms with Crippen LogP contribution in [0.1, 0.15) is 27.2 Å². The lowest BCUT2D eigenvalue weighted by atomic mass is 10.1. The van der Waals surface area contributed by atoms with E-state index >= 15 is 0 Å². The Morgan fingerprint density at radius 1 is 1.23 bits per heavy atom. The molecule has 1 atom stereocenters. The van der Waals surface area contributed by atoms with Crippen molar-refractivity contribution in [2.24, 2.45) is 5.92 Å². The Labute approximate surface area is 133 Å². The fourth-order valence-electron chi connectivity index (χ4n) is 2.82. The molecule has 0 bridgehead atoms. The molecule has 6 nitrogen and oxygen atoms in total. The number of aromatic nitrogens is 2. The summed E-state index contributed by atoms with van der Waals surface area (Å²) in [7, 11) is 5.94. The van der Waals surface area contributed by atoms with Gasteiger partial charge in [-0.2, -0.15) is 0 Å². The first-order valence-corrected chi connectivity index (χ1v) is 7.69. The summed E-state index contributed by atoms with van der Waals surface area (Å²) in [6.07, 6.45) is 2.20. The maximum Gasteiger partial charge on any atom is 0.223 e. The van der Waals surface area contributed by atoms with Crippen LogP contribution < -0.4 is 9.80 Å².